The van der Waals surface area contributed by atoms with Crippen molar-refractivity contribution in [2.75, 3.05) is 27.9 Å². The van der Waals surface area contributed by atoms with Crippen molar-refractivity contribution in [3.8, 4) is 0 Å². The zero-order chi connectivity index (χ0) is 51.4. The Bertz CT molecular complexity index is 1870. The first-order chi connectivity index (χ1) is 32.4. The smallest absolute Gasteiger partial charge is 0.329 e. The number of aliphatic hydroxyl groups excluding tert-OH is 1. The number of cyclic esters (lactones) is 1. The predicted octanol–water partition coefficient (Wildman–Crippen LogP) is 8.04. The van der Waals surface area contributed by atoms with Gasteiger partial charge in [-0.05, 0) is 127 Å². The molecule has 2 bridgehead atoms. The van der Waals surface area contributed by atoms with Crippen molar-refractivity contribution in [1.82, 2.24) is 4.90 Å². The molecule has 3 aliphatic heterocycles. The average Bonchev–Trinajstić information content (AvgIpc) is 3.30. The van der Waals surface area contributed by atoms with E-state index in [9.17, 15) is 34.2 Å². The van der Waals surface area contributed by atoms with Crippen LogP contribution in [0.1, 0.15) is 126 Å². The molecule has 15 atom stereocenters. The number of carbonyl (C=O) groups is 5. The normalized spacial score (nSPS) is 37.3. The molecule has 2 N–H and O–H groups in total. The number of hydrogen-bond acceptors (Lipinski definition) is 13. The molecule has 390 valence electrons. The molecule has 0 aromatic heterocycles. The molecule has 1 aliphatic carbocycles. The molecule has 69 heavy (non-hydrogen) atoms. The first-order valence-electron chi connectivity index (χ1n) is 25.6. The summed E-state index contributed by atoms with van der Waals surface area (Å²) in [5, 5.41) is 22.5. The van der Waals surface area contributed by atoms with Gasteiger partial charge in [0.15, 0.2) is 19.9 Å². The second-order valence-corrected chi connectivity index (χ2v) is 26.3. The predicted molar refractivity (Wildman–Crippen MR) is 267 cm³/mol. The molecular formula is C54H87NO13Si. The molecule has 14 nitrogen and oxygen atoms in total. The maximum atomic E-state index is 14.5. The first-order valence-corrected chi connectivity index (χ1v) is 29.0. The van der Waals surface area contributed by atoms with Gasteiger partial charge in [0.25, 0.3) is 11.7 Å². The Kier molecular flexibility index (Phi) is 22.4. The van der Waals surface area contributed by atoms with E-state index >= 15 is 0 Å². The van der Waals surface area contributed by atoms with Crippen molar-refractivity contribution in [3.05, 3.63) is 47.6 Å². The number of piperidine rings is 1. The minimum Gasteiger partial charge on any atom is -0.460 e. The number of nitrogens with zero attached hydrogens (tertiary/aromatic N) is 1. The van der Waals surface area contributed by atoms with Crippen molar-refractivity contribution >= 4 is 37.5 Å². The number of ketones is 3. The fourth-order valence-electron chi connectivity index (χ4n) is 10.7. The number of amides is 1. The number of fused-ring (bicyclic) bond motifs is 3. The number of allylic oxidation sites excluding steroid dienone is 6. The number of methoxy groups -OCH3 is 3. The Labute approximate surface area is 414 Å². The number of esters is 1. The van der Waals surface area contributed by atoms with Crippen molar-refractivity contribution < 1.29 is 62.3 Å². The van der Waals surface area contributed by atoms with Gasteiger partial charge in [0, 0.05) is 58.5 Å². The Hall–Kier alpha value is -3.15. The molecule has 0 radical (unpaired) electrons. The fraction of sp³-hybridized carbons (Fsp3) is 0.759. The topological polar surface area (TPSA) is 184 Å². The van der Waals surface area contributed by atoms with Crippen molar-refractivity contribution in [3.63, 3.8) is 0 Å². The van der Waals surface area contributed by atoms with Crippen LogP contribution in [-0.4, -0.2) is 135 Å². The van der Waals surface area contributed by atoms with Crippen molar-refractivity contribution in [2.24, 2.45) is 35.5 Å². The monoisotopic (exact) mass is 986 g/mol. The average molecular weight is 986 g/mol. The number of carbonyl (C=O) groups excluding carboxylic acids is 5. The summed E-state index contributed by atoms with van der Waals surface area (Å²) >= 11 is 0. The van der Waals surface area contributed by atoms with Crippen LogP contribution in [-0.2, 0) is 52.1 Å². The van der Waals surface area contributed by atoms with E-state index < -0.39 is 86.3 Å². The second-order valence-electron chi connectivity index (χ2n) is 21.8. The Balaban J connectivity index is 1.76. The highest BCUT2D eigenvalue weighted by Crippen LogP contribution is 2.38. The van der Waals surface area contributed by atoms with Gasteiger partial charge in [0.05, 0.1) is 30.5 Å². The lowest BCUT2D eigenvalue weighted by atomic mass is 9.78. The van der Waals surface area contributed by atoms with Gasteiger partial charge in [0.2, 0.25) is 5.79 Å². The van der Waals surface area contributed by atoms with Crippen LogP contribution in [0, 0.1) is 35.5 Å². The standard InChI is InChI=1S/C54H87NO13Si/c1-33-19-15-14-16-20-34(2)45(63-8)31-41-24-22-39(7)54(62,67-41)51(59)52(60)55-26-18-17-21-42(55)53(61)66-46(36(4)29-40-23-25-43(56)47(30-40)64-9)32-44(57)35(3)28-38(6)49(68-69(11,12)13)50(65-10)48(58)37(5)27-33/h14-16,19-20,28,33,36-43,45-47,49-50,56,62H,17-18,21-27,29-32H2,1-13H3/b16-14?,19-15?,34-20?,35-28+/t33-,36-,37-,38?,39-,40+,41+,42+,43-,45+,46+,47-,49-,50+,54-/m1/s1. The van der Waals surface area contributed by atoms with Crippen molar-refractivity contribution in [1.29, 1.82) is 0 Å². The van der Waals surface area contributed by atoms with E-state index in [1.54, 1.807) is 28.1 Å². The summed E-state index contributed by atoms with van der Waals surface area (Å²) in [5.74, 6) is -7.24. The summed E-state index contributed by atoms with van der Waals surface area (Å²) in [5.41, 5.74) is 1.31. The molecule has 2 saturated heterocycles. The number of aliphatic hydroxyl groups is 2. The van der Waals surface area contributed by atoms with E-state index in [0.717, 1.165) is 12.0 Å². The van der Waals surface area contributed by atoms with Crippen LogP contribution < -0.4 is 0 Å². The third-order valence-corrected chi connectivity index (χ3v) is 15.9. The highest BCUT2D eigenvalue weighted by atomic mass is 28.4. The number of ether oxygens (including phenoxy) is 5. The molecule has 4 aliphatic rings. The molecule has 4 rings (SSSR count). The van der Waals surface area contributed by atoms with Gasteiger partial charge in [-0.25, -0.2) is 4.79 Å². The third-order valence-electron chi connectivity index (χ3n) is 14.9. The lowest BCUT2D eigenvalue weighted by Crippen LogP contribution is -2.61. The lowest BCUT2D eigenvalue weighted by Gasteiger charge is -2.42. The van der Waals surface area contributed by atoms with Crippen LogP contribution >= 0.6 is 0 Å². The molecular weight excluding hydrogens is 899 g/mol. The SMILES string of the molecule is CO[C@H]1C[C@@H]2CC[C@@H](C)[C@@](O)(O2)C(=O)C(=O)N2CCCC[C@H]2C(=O)O[C@H]([C@H](C)C[C@@H]2CC[C@@H](O)[C@H](OC)C2)CC(=O)/C(C)=C/C(C)[C@@H](O[Si](C)(C)C)[C@@H](OC)C(=O)[C@H](C)C[C@H](C)C=CC=CC=C1C. The zero-order valence-corrected chi connectivity index (χ0v) is 45.1. The van der Waals surface area contributed by atoms with E-state index in [1.807, 2.05) is 58.1 Å². The van der Waals surface area contributed by atoms with Crippen LogP contribution in [0.2, 0.25) is 19.6 Å². The van der Waals surface area contributed by atoms with Crippen LogP contribution in [0.15, 0.2) is 47.6 Å². The molecule has 3 fully saturated rings. The van der Waals surface area contributed by atoms with Crippen molar-refractivity contribution in [2.45, 2.75) is 200 Å². The summed E-state index contributed by atoms with van der Waals surface area (Å²) in [6.45, 7) is 19.4. The van der Waals surface area contributed by atoms with Crippen LogP contribution in [0.4, 0.5) is 0 Å². The summed E-state index contributed by atoms with van der Waals surface area (Å²) in [4.78, 5) is 73.0. The first kappa shape index (κ1) is 58.4. The minimum absolute atomic E-state index is 0.0583. The highest BCUT2D eigenvalue weighted by molar-refractivity contribution is 6.69. The van der Waals surface area contributed by atoms with Gasteiger partial charge >= 0.3 is 5.97 Å². The summed E-state index contributed by atoms with van der Waals surface area (Å²) in [7, 11) is 2.42. The van der Waals surface area contributed by atoms with Gasteiger partial charge in [-0.2, -0.15) is 0 Å². The number of hydrogen-bond donors (Lipinski definition) is 2. The molecule has 1 unspecified atom stereocenters. The largest absolute Gasteiger partial charge is 0.460 e. The van der Waals surface area contributed by atoms with E-state index in [0.29, 0.717) is 63.4 Å². The molecule has 15 heteroatoms. The van der Waals surface area contributed by atoms with Gasteiger partial charge in [0.1, 0.15) is 18.2 Å². The molecule has 1 saturated carbocycles. The number of rotatable bonds is 8. The molecule has 0 aromatic rings. The van der Waals surface area contributed by atoms with Crippen LogP contribution in [0.5, 0.6) is 0 Å². The molecule has 3 heterocycles. The molecule has 0 spiro atoms. The second kappa shape index (κ2) is 26.5. The fourth-order valence-corrected chi connectivity index (χ4v) is 11.9. The Morgan fingerprint density at radius 1 is 0.870 bits per heavy atom. The van der Waals surface area contributed by atoms with Crippen LogP contribution in [0.3, 0.4) is 0 Å². The molecule has 0 aromatic carbocycles. The Morgan fingerprint density at radius 3 is 2.23 bits per heavy atom. The van der Waals surface area contributed by atoms with Gasteiger partial charge in [-0.15, -0.1) is 0 Å². The van der Waals surface area contributed by atoms with Gasteiger partial charge in [-0.3, -0.25) is 19.2 Å². The van der Waals surface area contributed by atoms with E-state index in [-0.39, 0.29) is 60.7 Å². The highest BCUT2D eigenvalue weighted by Gasteiger charge is 2.53. The summed E-state index contributed by atoms with van der Waals surface area (Å²) < 4.78 is 36.7. The lowest BCUT2D eigenvalue weighted by molar-refractivity contribution is -0.265. The van der Waals surface area contributed by atoms with E-state index in [2.05, 4.69) is 32.6 Å². The summed E-state index contributed by atoms with van der Waals surface area (Å²) in [6.07, 6.45) is 12.7. The zero-order valence-electron chi connectivity index (χ0n) is 44.1. The molecule has 1 amide bonds. The van der Waals surface area contributed by atoms with E-state index in [4.69, 9.17) is 28.1 Å². The Morgan fingerprint density at radius 2 is 1.58 bits per heavy atom. The van der Waals surface area contributed by atoms with Crippen LogP contribution in [0.25, 0.3) is 0 Å². The van der Waals surface area contributed by atoms with Gasteiger partial charge < -0.3 is 43.2 Å². The quantitative estimate of drug-likeness (QED) is 0.135. The third kappa shape index (κ3) is 16.2. The number of Topliss-reactive ketones (excluding diaryl/α,β-unsaturated/α-hetero) is 3. The maximum absolute atomic E-state index is 14.5. The van der Waals surface area contributed by atoms with Gasteiger partial charge in [-0.1, -0.05) is 71.1 Å². The minimum atomic E-state index is -2.42. The summed E-state index contributed by atoms with van der Waals surface area (Å²) in [6, 6.07) is -1.13. The maximum Gasteiger partial charge on any atom is 0.329 e. The van der Waals surface area contributed by atoms with E-state index in [1.165, 1.54) is 12.0 Å².